The first-order valence-corrected chi connectivity index (χ1v) is 22.5. The lowest BCUT2D eigenvalue weighted by molar-refractivity contribution is -0.138. The van der Waals surface area contributed by atoms with Gasteiger partial charge in [-0.1, -0.05) is 76.2 Å². The van der Waals surface area contributed by atoms with Crippen LogP contribution in [0.25, 0.3) is 18.2 Å². The first-order chi connectivity index (χ1) is 32.2. The van der Waals surface area contributed by atoms with Gasteiger partial charge in [0.15, 0.2) is 0 Å². The summed E-state index contributed by atoms with van der Waals surface area (Å²) >= 11 is 10.1. The van der Waals surface area contributed by atoms with Crippen molar-refractivity contribution in [2.45, 2.75) is 84.5 Å². The van der Waals surface area contributed by atoms with Crippen molar-refractivity contribution in [3.8, 4) is 17.2 Å². The van der Waals surface area contributed by atoms with Crippen molar-refractivity contribution >= 4 is 70.5 Å². The Morgan fingerprint density at radius 3 is 1.13 bits per heavy atom. The third-order valence-corrected chi connectivity index (χ3v) is 8.57. The van der Waals surface area contributed by atoms with Gasteiger partial charge in [0.25, 0.3) is 0 Å². The number of allylic oxidation sites excluding steroid dienone is 1. The normalized spacial score (nSPS) is 10.0. The Labute approximate surface area is 411 Å². The SMILES string of the molecule is C.C=CC(=O)Cl.C=CC(=O)OCCCCCCOc1ccc(/C=C/C(=O)O)cc1.O=C(O)/C=C/c1ccc(O)cc1.O=C(O)/C=C/c1ccc(OCCCCCCO)cc1.OCCCCCCCl. The van der Waals surface area contributed by atoms with Crippen molar-refractivity contribution in [2.75, 3.05) is 38.9 Å². The van der Waals surface area contributed by atoms with Crippen LogP contribution in [0.1, 0.15) is 101 Å². The van der Waals surface area contributed by atoms with Crippen LogP contribution in [-0.2, 0) is 28.7 Å². The molecule has 0 unspecified atom stereocenters. The molecule has 0 amide bonds. The van der Waals surface area contributed by atoms with Gasteiger partial charge in [0.05, 0.1) is 19.8 Å². The highest BCUT2D eigenvalue weighted by molar-refractivity contribution is 6.66. The maximum absolute atomic E-state index is 10.8. The number of carboxylic acid groups (broad SMARTS) is 3. The molecule has 0 saturated heterocycles. The van der Waals surface area contributed by atoms with E-state index < -0.39 is 23.2 Å². The lowest BCUT2D eigenvalue weighted by Crippen LogP contribution is -2.02. The van der Waals surface area contributed by atoms with Crippen molar-refractivity contribution in [1.82, 2.24) is 0 Å². The quantitative estimate of drug-likeness (QED) is 0.0131. The van der Waals surface area contributed by atoms with Gasteiger partial charge in [-0.15, -0.1) is 11.6 Å². The number of phenolic OH excluding ortho intramolecular Hbond substituents is 1. The lowest BCUT2D eigenvalue weighted by Gasteiger charge is -2.06. The summed E-state index contributed by atoms with van der Waals surface area (Å²) < 4.78 is 16.1. The van der Waals surface area contributed by atoms with Gasteiger partial charge in [-0.3, -0.25) is 4.79 Å². The molecule has 0 heterocycles. The van der Waals surface area contributed by atoms with Gasteiger partial charge in [-0.2, -0.15) is 0 Å². The first-order valence-electron chi connectivity index (χ1n) is 21.6. The summed E-state index contributed by atoms with van der Waals surface area (Å²) in [6, 6.07) is 20.8. The molecule has 0 aliphatic heterocycles. The number of aliphatic hydroxyl groups is 2. The van der Waals surface area contributed by atoms with E-state index in [-0.39, 0.29) is 25.8 Å². The number of aliphatic hydroxyl groups excluding tert-OH is 2. The smallest absolute Gasteiger partial charge is 0.330 e. The predicted octanol–water partition coefficient (Wildman–Crippen LogP) is 11.0. The number of benzene rings is 3. The molecule has 376 valence electrons. The number of hydrogen-bond acceptors (Lipinski definition) is 11. The highest BCUT2D eigenvalue weighted by Gasteiger charge is 1.99. The fourth-order valence-electron chi connectivity index (χ4n) is 4.73. The minimum atomic E-state index is -0.983. The monoisotopic (exact) mass is 988 g/mol. The molecule has 68 heavy (non-hydrogen) atoms. The number of aromatic hydroxyl groups is 1. The summed E-state index contributed by atoms with van der Waals surface area (Å²) in [6.45, 7) is 8.70. The van der Waals surface area contributed by atoms with Crippen molar-refractivity contribution in [1.29, 1.82) is 0 Å². The van der Waals surface area contributed by atoms with E-state index >= 15 is 0 Å². The summed E-state index contributed by atoms with van der Waals surface area (Å²) in [5, 5.41) is 50.7. The zero-order valence-electron chi connectivity index (χ0n) is 37.9. The summed E-state index contributed by atoms with van der Waals surface area (Å²) in [4.78, 5) is 51.2. The molecule has 3 rings (SSSR count). The van der Waals surface area contributed by atoms with Crippen LogP contribution in [0.3, 0.4) is 0 Å². The highest BCUT2D eigenvalue weighted by atomic mass is 35.5. The van der Waals surface area contributed by atoms with E-state index in [4.69, 9.17) is 68.1 Å². The minimum absolute atomic E-state index is 0. The van der Waals surface area contributed by atoms with E-state index in [1.807, 2.05) is 48.5 Å². The number of halogens is 2. The van der Waals surface area contributed by atoms with E-state index in [9.17, 15) is 24.0 Å². The van der Waals surface area contributed by atoms with E-state index in [1.54, 1.807) is 18.2 Å². The maximum atomic E-state index is 10.8. The van der Waals surface area contributed by atoms with Gasteiger partial charge in [-0.25, -0.2) is 19.2 Å². The van der Waals surface area contributed by atoms with Crippen molar-refractivity contribution < 1.29 is 68.8 Å². The maximum Gasteiger partial charge on any atom is 0.330 e. The number of alkyl halides is 1. The fourth-order valence-corrected chi connectivity index (χ4v) is 4.92. The highest BCUT2D eigenvalue weighted by Crippen LogP contribution is 2.16. The molecular formula is C52H70Cl2O14. The number of esters is 1. The van der Waals surface area contributed by atoms with Crippen LogP contribution in [0.4, 0.5) is 0 Å². The third kappa shape index (κ3) is 46.3. The fraction of sp³-hybridized carbons (Fsp3) is 0.365. The number of hydrogen-bond donors (Lipinski definition) is 6. The molecule has 0 saturated carbocycles. The molecule has 14 nitrogen and oxygen atoms in total. The Kier molecular flexibility index (Phi) is 46.0. The van der Waals surface area contributed by atoms with Crippen LogP contribution < -0.4 is 9.47 Å². The average Bonchev–Trinajstić information content (AvgIpc) is 3.32. The number of carbonyl (C=O) groups is 5. The standard InChI is InChI=1S/C18H22O5.C15H20O4.C9H8O3.C6H13ClO.C3H3ClO.CH4/c1-2-18(21)23-14-6-4-3-5-13-22-16-10-7-15(8-11-16)9-12-17(19)20;16-11-3-1-2-4-12-19-14-8-5-13(6-9-14)7-10-15(17)18;10-8-4-1-7(2-5-8)3-6-9(11)12;7-5-3-1-2-4-6-8;1-2-3(4)5;/h2,7-12H,1,3-6,13-14H2,(H,19,20);5-10,16H,1-4,11-12H2,(H,17,18);1-6,10H,(H,11,12);8H,1-6H2;2H,1H2;1H4/b12-9+;10-7+;6-3+;;;. The number of carboxylic acids is 3. The zero-order valence-corrected chi connectivity index (χ0v) is 39.4. The topological polar surface area (TPSA) is 234 Å². The number of aliphatic carboxylic acids is 3. The average molecular weight is 990 g/mol. The summed E-state index contributed by atoms with van der Waals surface area (Å²) in [5.74, 6) is -0.814. The van der Waals surface area contributed by atoms with Gasteiger partial charge < -0.3 is 44.8 Å². The molecule has 3 aromatic carbocycles. The number of phenols is 1. The molecule has 16 heteroatoms. The van der Waals surface area contributed by atoms with Crippen molar-refractivity contribution in [3.63, 3.8) is 0 Å². The van der Waals surface area contributed by atoms with Gasteiger partial charge in [0.1, 0.15) is 17.2 Å². The summed E-state index contributed by atoms with van der Waals surface area (Å²) in [7, 11) is 0. The Hall–Kier alpha value is -6.19. The van der Waals surface area contributed by atoms with Crippen LogP contribution in [0.2, 0.25) is 0 Å². The number of unbranched alkanes of at least 4 members (excludes halogenated alkanes) is 9. The summed E-state index contributed by atoms with van der Waals surface area (Å²) in [6.07, 6.45) is 21.9. The Bertz CT molecular complexity index is 1870. The first kappa shape index (κ1) is 66.1. The number of carbonyl (C=O) groups excluding carboxylic acids is 2. The van der Waals surface area contributed by atoms with E-state index in [0.717, 1.165) is 141 Å². The molecule has 0 aromatic heterocycles. The van der Waals surface area contributed by atoms with Crippen LogP contribution in [0.5, 0.6) is 17.2 Å². The molecular weight excluding hydrogens is 919 g/mol. The summed E-state index contributed by atoms with van der Waals surface area (Å²) in [5.41, 5.74) is 2.39. The molecule has 0 spiro atoms. The van der Waals surface area contributed by atoms with Crippen LogP contribution >= 0.6 is 23.2 Å². The van der Waals surface area contributed by atoms with E-state index in [1.165, 1.54) is 24.3 Å². The molecule has 0 aliphatic rings. The number of rotatable bonds is 28. The molecule has 0 aliphatic carbocycles. The molecule has 0 atom stereocenters. The van der Waals surface area contributed by atoms with Gasteiger partial charge in [0.2, 0.25) is 5.24 Å². The van der Waals surface area contributed by atoms with Gasteiger partial charge >= 0.3 is 23.9 Å². The zero-order chi connectivity index (χ0) is 50.3. The van der Waals surface area contributed by atoms with Gasteiger partial charge in [0, 0.05) is 43.4 Å². The molecule has 6 N–H and O–H groups in total. The Balaban J connectivity index is -0.000000841. The third-order valence-electron chi connectivity index (χ3n) is 8.15. The second kappa shape index (κ2) is 47.3. The van der Waals surface area contributed by atoms with Crippen molar-refractivity contribution in [2.24, 2.45) is 0 Å². The predicted molar refractivity (Wildman–Crippen MR) is 271 cm³/mol. The molecule has 3 aromatic rings. The second-order valence-corrected chi connectivity index (χ2v) is 14.5. The lowest BCUT2D eigenvalue weighted by atomic mass is 10.2. The minimum Gasteiger partial charge on any atom is -0.508 e. The number of ether oxygens (including phenoxy) is 3. The van der Waals surface area contributed by atoms with Gasteiger partial charge in [-0.05, 0) is 147 Å². The second-order valence-electron chi connectivity index (χ2n) is 13.7. The van der Waals surface area contributed by atoms with Crippen LogP contribution in [-0.4, -0.2) is 98.7 Å². The van der Waals surface area contributed by atoms with Crippen LogP contribution in [0, 0.1) is 0 Å². The molecule has 0 fully saturated rings. The largest absolute Gasteiger partial charge is 0.508 e. The molecule has 0 radical (unpaired) electrons. The Morgan fingerprint density at radius 1 is 0.500 bits per heavy atom. The van der Waals surface area contributed by atoms with E-state index in [2.05, 4.69) is 13.2 Å². The van der Waals surface area contributed by atoms with Crippen LogP contribution in [0.15, 0.2) is 116 Å². The molecule has 0 bridgehead atoms. The van der Waals surface area contributed by atoms with E-state index in [0.29, 0.717) is 26.4 Å². The van der Waals surface area contributed by atoms with Crippen molar-refractivity contribution in [3.05, 3.63) is 133 Å². The Morgan fingerprint density at radius 2 is 0.824 bits per heavy atom.